The smallest absolute Gasteiger partial charge is 0.336 e. The largest absolute Gasteiger partial charge is 0.480 e. The summed E-state index contributed by atoms with van der Waals surface area (Å²) in [5.41, 5.74) is 1.55. The molecule has 1 saturated heterocycles. The maximum absolute atomic E-state index is 14.9. The number of anilines is 2. The second-order valence-electron chi connectivity index (χ2n) is 16.7. The van der Waals surface area contributed by atoms with Crippen LogP contribution in [0.25, 0.3) is 0 Å². The van der Waals surface area contributed by atoms with Gasteiger partial charge in [0.25, 0.3) is 5.91 Å². The molecule has 3 atom stereocenters. The van der Waals surface area contributed by atoms with Crippen LogP contribution in [-0.2, 0) is 41.3 Å². The zero-order chi connectivity index (χ0) is 42.5. The molecule has 3 aromatic carbocycles. The molecule has 0 aromatic heterocycles. The summed E-state index contributed by atoms with van der Waals surface area (Å²) >= 11 is 6.32. The average Bonchev–Trinajstić information content (AvgIpc) is 3.36. The Bertz CT molecular complexity index is 1960. The van der Waals surface area contributed by atoms with Gasteiger partial charge < -0.3 is 14.8 Å². The van der Waals surface area contributed by atoms with Gasteiger partial charge in [0.1, 0.15) is 5.75 Å². The van der Waals surface area contributed by atoms with E-state index in [-0.39, 0.29) is 41.8 Å². The number of imide groups is 1. The minimum Gasteiger partial charge on any atom is -0.480 e. The van der Waals surface area contributed by atoms with Crippen molar-refractivity contribution in [3.05, 3.63) is 89.5 Å². The molecular formula is C45H59ClN4O7. The second kappa shape index (κ2) is 17.8. The minimum absolute atomic E-state index is 0.00774. The first-order valence-corrected chi connectivity index (χ1v) is 20.2. The number of halogens is 1. The lowest BCUT2D eigenvalue weighted by molar-refractivity contribution is -0.176. The Morgan fingerprint density at radius 2 is 1.42 bits per heavy atom. The molecule has 308 valence electrons. The van der Waals surface area contributed by atoms with E-state index in [1.54, 1.807) is 71.0 Å². The Balaban J connectivity index is 1.79. The number of rotatable bonds is 17. The van der Waals surface area contributed by atoms with Gasteiger partial charge in [-0.25, -0.2) is 9.69 Å². The third-order valence-corrected chi connectivity index (χ3v) is 11.3. The number of nitrogens with zero attached hydrogens (tertiary/aromatic N) is 2. The van der Waals surface area contributed by atoms with Gasteiger partial charge in [0.2, 0.25) is 5.91 Å². The number of carbonyl (C=O) groups excluding carboxylic acids is 5. The van der Waals surface area contributed by atoms with E-state index in [1.165, 1.54) is 12.1 Å². The highest BCUT2D eigenvalue weighted by molar-refractivity contribution is 6.44. The lowest BCUT2D eigenvalue weighted by atomic mass is 9.76. The fourth-order valence-electron chi connectivity index (χ4n) is 6.44. The Hall–Kier alpha value is -4.74. The van der Waals surface area contributed by atoms with Gasteiger partial charge in [-0.05, 0) is 66.3 Å². The van der Waals surface area contributed by atoms with E-state index in [9.17, 15) is 24.0 Å². The molecule has 1 fully saturated rings. The van der Waals surface area contributed by atoms with Crippen LogP contribution in [0.3, 0.4) is 0 Å². The molecule has 0 bridgehead atoms. The lowest BCUT2D eigenvalue weighted by Crippen LogP contribution is -2.65. The molecule has 57 heavy (non-hydrogen) atoms. The van der Waals surface area contributed by atoms with Gasteiger partial charge in [0.05, 0.1) is 17.9 Å². The molecule has 5 amide bonds. The molecule has 0 saturated carbocycles. The van der Waals surface area contributed by atoms with Gasteiger partial charge in [-0.2, -0.15) is 0 Å². The third-order valence-electron chi connectivity index (χ3n) is 10.9. The van der Waals surface area contributed by atoms with Crippen molar-refractivity contribution in [3.8, 4) is 5.75 Å². The van der Waals surface area contributed by atoms with E-state index >= 15 is 0 Å². The fraction of sp³-hybridized carbons (Fsp3) is 0.489. The van der Waals surface area contributed by atoms with E-state index in [0.717, 1.165) is 33.8 Å². The highest BCUT2D eigenvalue weighted by Gasteiger charge is 2.61. The van der Waals surface area contributed by atoms with Crippen LogP contribution in [0.5, 0.6) is 5.75 Å². The summed E-state index contributed by atoms with van der Waals surface area (Å²) in [5, 5.41) is 3.91. The van der Waals surface area contributed by atoms with Gasteiger partial charge in [0.15, 0.2) is 17.3 Å². The summed E-state index contributed by atoms with van der Waals surface area (Å²) in [6.45, 7) is 21.1. The molecule has 2 N–H and O–H groups in total. The van der Waals surface area contributed by atoms with E-state index in [4.69, 9.17) is 21.1 Å². The number of urea groups is 1. The molecule has 0 spiro atoms. The number of carbonyl (C=O) groups is 5. The summed E-state index contributed by atoms with van der Waals surface area (Å²) in [6, 6.07) is 20.4. The molecule has 1 aliphatic rings. The molecular weight excluding hydrogens is 744 g/mol. The maximum Gasteiger partial charge on any atom is 0.336 e. The summed E-state index contributed by atoms with van der Waals surface area (Å²) < 4.78 is 12.7. The van der Waals surface area contributed by atoms with Gasteiger partial charge in [-0.15, -0.1) is 11.6 Å². The van der Waals surface area contributed by atoms with Crippen molar-refractivity contribution < 1.29 is 33.4 Å². The molecule has 1 aliphatic heterocycles. The Morgan fingerprint density at radius 3 is 2.00 bits per heavy atom. The Morgan fingerprint density at radius 1 is 0.807 bits per heavy atom. The van der Waals surface area contributed by atoms with E-state index < -0.39 is 52.3 Å². The number of Topliss-reactive ketones (excluding diaryl/α,β-unsaturated/α-hetero) is 1. The molecule has 4 rings (SSSR count). The molecule has 0 aliphatic carbocycles. The fourth-order valence-corrected chi connectivity index (χ4v) is 6.82. The highest BCUT2D eigenvalue weighted by Crippen LogP contribution is 2.40. The summed E-state index contributed by atoms with van der Waals surface area (Å²) in [5.74, 6) is -4.68. The standard InChI is InChI=1S/C45H59ClN4O7/c1-12-34(57-35-26-25-30(43(8,9)13-2)27-31(35)44(10,11)14-3)38(52)48-45(56-15-4)40(54)50(41(55)49(45)28-29-21-17-16-18-22-29)33-24-20-19-23-32(33)47-39(53)36(46)37(51)42(5,6)7/h16-27,34,36H,12-15,28H2,1-11H3,(H,47,53)(H,48,52). The monoisotopic (exact) mass is 802 g/mol. The minimum atomic E-state index is -2.32. The molecule has 12 heteroatoms. The van der Waals surface area contributed by atoms with E-state index in [1.807, 2.05) is 18.2 Å². The number of hydrogen-bond donors (Lipinski definition) is 2. The third kappa shape index (κ3) is 9.53. The maximum atomic E-state index is 14.9. The van der Waals surface area contributed by atoms with Crippen LogP contribution in [0.1, 0.15) is 112 Å². The number of amides is 5. The number of nitrogens with one attached hydrogen (secondary N) is 2. The molecule has 0 radical (unpaired) electrons. The SMILES string of the molecule is CCOC1(NC(=O)C(CC)Oc2ccc(C(C)(C)CC)cc2C(C)(C)CC)C(=O)N(c2ccccc2NC(=O)C(Cl)C(=O)C(C)(C)C)C(=O)N1Cc1ccccc1. The van der Waals surface area contributed by atoms with Gasteiger partial charge in [0, 0.05) is 17.6 Å². The Labute approximate surface area is 342 Å². The first-order chi connectivity index (χ1) is 26.7. The predicted molar refractivity (Wildman–Crippen MR) is 224 cm³/mol. The van der Waals surface area contributed by atoms with Crippen molar-refractivity contribution in [1.29, 1.82) is 0 Å². The van der Waals surface area contributed by atoms with Crippen molar-refractivity contribution in [2.24, 2.45) is 5.41 Å². The number of alkyl halides is 1. The molecule has 3 unspecified atom stereocenters. The number of ether oxygens (including phenoxy) is 2. The quantitative estimate of drug-likeness (QED) is 0.0603. The van der Waals surface area contributed by atoms with Crippen LogP contribution in [0.15, 0.2) is 72.8 Å². The van der Waals surface area contributed by atoms with Crippen LogP contribution in [0.2, 0.25) is 0 Å². The second-order valence-corrected chi connectivity index (χ2v) is 17.2. The van der Waals surface area contributed by atoms with Crippen LogP contribution in [0.4, 0.5) is 16.2 Å². The van der Waals surface area contributed by atoms with E-state index in [0.29, 0.717) is 11.3 Å². The first kappa shape index (κ1) is 45.0. The van der Waals surface area contributed by atoms with Crippen molar-refractivity contribution >= 4 is 52.5 Å². The van der Waals surface area contributed by atoms with Crippen LogP contribution >= 0.6 is 11.6 Å². The Kier molecular flexibility index (Phi) is 14.1. The summed E-state index contributed by atoms with van der Waals surface area (Å²) in [4.78, 5) is 72.3. The van der Waals surface area contributed by atoms with Crippen LogP contribution < -0.4 is 20.3 Å². The topological polar surface area (TPSA) is 134 Å². The van der Waals surface area contributed by atoms with Gasteiger partial charge in [-0.3, -0.25) is 29.4 Å². The molecule has 11 nitrogen and oxygen atoms in total. The van der Waals surface area contributed by atoms with Crippen molar-refractivity contribution in [3.63, 3.8) is 0 Å². The van der Waals surface area contributed by atoms with Crippen molar-refractivity contribution in [2.45, 2.75) is 130 Å². The van der Waals surface area contributed by atoms with Gasteiger partial charge >= 0.3 is 17.8 Å². The number of para-hydroxylation sites is 2. The summed E-state index contributed by atoms with van der Waals surface area (Å²) in [6.07, 6.45) is 0.899. The zero-order valence-electron chi connectivity index (χ0n) is 35.2. The zero-order valence-corrected chi connectivity index (χ0v) is 36.0. The van der Waals surface area contributed by atoms with Crippen LogP contribution in [0, 0.1) is 5.41 Å². The lowest BCUT2D eigenvalue weighted by Gasteiger charge is -2.36. The molecule has 3 aromatic rings. The molecule has 1 heterocycles. The highest BCUT2D eigenvalue weighted by atomic mass is 35.5. The average molecular weight is 803 g/mol. The number of ketones is 1. The number of hydrogen-bond acceptors (Lipinski definition) is 7. The predicted octanol–water partition coefficient (Wildman–Crippen LogP) is 8.86. The number of benzene rings is 3. The summed E-state index contributed by atoms with van der Waals surface area (Å²) in [7, 11) is 0. The van der Waals surface area contributed by atoms with Gasteiger partial charge in [-0.1, -0.05) is 124 Å². The van der Waals surface area contributed by atoms with E-state index in [2.05, 4.69) is 58.2 Å². The van der Waals surface area contributed by atoms with Crippen molar-refractivity contribution in [1.82, 2.24) is 10.2 Å². The normalized spacial score (nSPS) is 17.3. The first-order valence-electron chi connectivity index (χ1n) is 19.7. The van der Waals surface area contributed by atoms with Crippen molar-refractivity contribution in [2.75, 3.05) is 16.8 Å². The van der Waals surface area contributed by atoms with Crippen LogP contribution in [-0.4, -0.2) is 58.4 Å².